The van der Waals surface area contributed by atoms with E-state index >= 15 is 0 Å². The van der Waals surface area contributed by atoms with E-state index in [1.165, 1.54) is 0 Å². The number of aromatic nitrogens is 1. The summed E-state index contributed by atoms with van der Waals surface area (Å²) in [7, 11) is 1.81. The number of nitrogens with zero attached hydrogens (tertiary/aromatic N) is 1. The van der Waals surface area contributed by atoms with Gasteiger partial charge in [0.05, 0.1) is 11.1 Å². The number of amides is 1. The summed E-state index contributed by atoms with van der Waals surface area (Å²) in [5.41, 5.74) is -0.206. The molecule has 0 aliphatic rings. The van der Waals surface area contributed by atoms with Crippen LogP contribution in [0.2, 0.25) is 0 Å². The van der Waals surface area contributed by atoms with Gasteiger partial charge in [-0.05, 0) is 23.8 Å². The van der Waals surface area contributed by atoms with Crippen LogP contribution in [0.5, 0.6) is 0 Å². The maximum absolute atomic E-state index is 13.2. The molecule has 2 rings (SSSR count). The number of aryl methyl sites for hydroxylation is 1. The minimum atomic E-state index is -1.50. The van der Waals surface area contributed by atoms with Crippen molar-refractivity contribution in [2.45, 2.75) is 6.54 Å². The first kappa shape index (κ1) is 14.7. The molecule has 0 aliphatic carbocycles. The molecule has 2 aromatic rings. The van der Waals surface area contributed by atoms with E-state index in [0.29, 0.717) is 12.1 Å². The van der Waals surface area contributed by atoms with Gasteiger partial charge in [-0.3, -0.25) is 4.79 Å². The Hall–Kier alpha value is -2.70. The molecule has 0 unspecified atom stereocenters. The van der Waals surface area contributed by atoms with Crippen LogP contribution in [0, 0.1) is 11.6 Å². The Kier molecular flexibility index (Phi) is 4.02. The molecule has 1 aromatic heterocycles. The van der Waals surface area contributed by atoms with E-state index in [-0.39, 0.29) is 6.54 Å². The van der Waals surface area contributed by atoms with Gasteiger partial charge in [-0.25, -0.2) is 13.6 Å². The van der Waals surface area contributed by atoms with Crippen molar-refractivity contribution in [2.75, 3.05) is 0 Å². The third-order valence-corrected chi connectivity index (χ3v) is 2.88. The zero-order valence-electron chi connectivity index (χ0n) is 11.1. The summed E-state index contributed by atoms with van der Waals surface area (Å²) in [6, 6.07) is 2.85. The van der Waals surface area contributed by atoms with E-state index in [0.717, 1.165) is 5.56 Å². The summed E-state index contributed by atoms with van der Waals surface area (Å²) in [5, 5.41) is 11.4. The van der Waals surface area contributed by atoms with Crippen LogP contribution in [0.25, 0.3) is 0 Å². The van der Waals surface area contributed by atoms with Crippen molar-refractivity contribution >= 4 is 11.9 Å². The molecular formula is C14H12F2N2O3. The first-order valence-corrected chi connectivity index (χ1v) is 6.00. The molecule has 21 heavy (non-hydrogen) atoms. The highest BCUT2D eigenvalue weighted by atomic mass is 19.2. The van der Waals surface area contributed by atoms with Gasteiger partial charge in [-0.2, -0.15) is 0 Å². The zero-order chi connectivity index (χ0) is 15.6. The molecule has 0 saturated carbocycles. The lowest BCUT2D eigenvalue weighted by Gasteiger charge is -2.08. The van der Waals surface area contributed by atoms with Crippen molar-refractivity contribution < 1.29 is 23.5 Å². The number of carbonyl (C=O) groups excluding carboxylic acids is 1. The number of hydrogen-bond donors (Lipinski definition) is 2. The van der Waals surface area contributed by atoms with E-state index in [4.69, 9.17) is 5.11 Å². The Morgan fingerprint density at radius 3 is 2.38 bits per heavy atom. The van der Waals surface area contributed by atoms with Crippen LogP contribution >= 0.6 is 0 Å². The van der Waals surface area contributed by atoms with Gasteiger partial charge in [0.15, 0.2) is 11.6 Å². The molecule has 1 aromatic carbocycles. The number of halogens is 2. The third kappa shape index (κ3) is 3.25. The molecular weight excluding hydrogens is 282 g/mol. The topological polar surface area (TPSA) is 71.3 Å². The van der Waals surface area contributed by atoms with Gasteiger partial charge >= 0.3 is 5.97 Å². The molecule has 110 valence electrons. The molecule has 7 heteroatoms. The lowest BCUT2D eigenvalue weighted by molar-refractivity contribution is 0.0690. The number of rotatable bonds is 4. The van der Waals surface area contributed by atoms with Gasteiger partial charge < -0.3 is 15.0 Å². The fourth-order valence-corrected chi connectivity index (χ4v) is 1.85. The number of carbonyl (C=O) groups is 2. The molecule has 0 radical (unpaired) electrons. The van der Waals surface area contributed by atoms with E-state index in [1.807, 2.05) is 7.05 Å². The average Bonchev–Trinajstić information content (AvgIpc) is 2.84. The highest BCUT2D eigenvalue weighted by molar-refractivity contribution is 6.04. The first-order chi connectivity index (χ1) is 9.88. The lowest BCUT2D eigenvalue weighted by Crippen LogP contribution is -2.25. The summed E-state index contributed by atoms with van der Waals surface area (Å²) in [6.07, 6.45) is 3.55. The van der Waals surface area contributed by atoms with E-state index in [2.05, 4.69) is 5.32 Å². The largest absolute Gasteiger partial charge is 0.478 e. The number of carboxylic acid groups (broad SMARTS) is 1. The first-order valence-electron chi connectivity index (χ1n) is 6.00. The molecule has 0 spiro atoms. The number of nitrogens with one attached hydrogen (secondary N) is 1. The van der Waals surface area contributed by atoms with Gasteiger partial charge in [0.2, 0.25) is 0 Å². The van der Waals surface area contributed by atoms with Crippen LogP contribution in [0.3, 0.4) is 0 Å². The Balaban J connectivity index is 2.22. The molecule has 0 saturated heterocycles. The standard InChI is InChI=1S/C14H12F2N2O3/c1-18-3-2-8(7-18)6-17-13(19)9-4-11(15)12(16)5-10(9)14(20)21/h2-5,7H,6H2,1H3,(H,17,19)(H,20,21). The predicted octanol–water partition coefficient (Wildman–Crippen LogP) is 1.93. The zero-order valence-corrected chi connectivity index (χ0v) is 11.1. The fraction of sp³-hybridized carbons (Fsp3) is 0.143. The normalized spacial score (nSPS) is 10.4. The minimum Gasteiger partial charge on any atom is -0.478 e. The Labute approximate surface area is 118 Å². The second-order valence-corrected chi connectivity index (χ2v) is 4.48. The molecule has 1 heterocycles. The van der Waals surface area contributed by atoms with E-state index in [1.54, 1.807) is 23.0 Å². The second kappa shape index (κ2) is 5.74. The predicted molar refractivity (Wildman–Crippen MR) is 69.9 cm³/mol. The smallest absolute Gasteiger partial charge is 0.336 e. The van der Waals surface area contributed by atoms with Gasteiger partial charge in [0.25, 0.3) is 5.91 Å². The van der Waals surface area contributed by atoms with Crippen LogP contribution in [0.1, 0.15) is 26.3 Å². The van der Waals surface area contributed by atoms with Crippen LogP contribution in [-0.4, -0.2) is 21.6 Å². The molecule has 2 N–H and O–H groups in total. The molecule has 0 fully saturated rings. The summed E-state index contributed by atoms with van der Waals surface area (Å²) in [4.78, 5) is 22.9. The van der Waals surface area contributed by atoms with Crippen LogP contribution in [0.15, 0.2) is 30.6 Å². The lowest BCUT2D eigenvalue weighted by atomic mass is 10.1. The molecule has 0 aliphatic heterocycles. The molecule has 5 nitrogen and oxygen atoms in total. The maximum atomic E-state index is 13.2. The molecule has 0 atom stereocenters. The summed E-state index contributed by atoms with van der Waals surface area (Å²) in [5.74, 6) is -4.87. The molecule has 0 bridgehead atoms. The summed E-state index contributed by atoms with van der Waals surface area (Å²) < 4.78 is 28.0. The van der Waals surface area contributed by atoms with E-state index in [9.17, 15) is 18.4 Å². The summed E-state index contributed by atoms with van der Waals surface area (Å²) >= 11 is 0. The highest BCUT2D eigenvalue weighted by Gasteiger charge is 2.20. The van der Waals surface area contributed by atoms with E-state index < -0.39 is 34.6 Å². The highest BCUT2D eigenvalue weighted by Crippen LogP contribution is 2.15. The minimum absolute atomic E-state index is 0.151. The third-order valence-electron chi connectivity index (χ3n) is 2.88. The van der Waals surface area contributed by atoms with Crippen molar-refractivity contribution in [3.8, 4) is 0 Å². The van der Waals surface area contributed by atoms with Gasteiger partial charge in [0, 0.05) is 26.0 Å². The fourth-order valence-electron chi connectivity index (χ4n) is 1.85. The number of carboxylic acids is 1. The molecule has 1 amide bonds. The van der Waals surface area contributed by atoms with Crippen LogP contribution in [0.4, 0.5) is 8.78 Å². The number of aromatic carboxylic acids is 1. The van der Waals surface area contributed by atoms with Crippen molar-refractivity contribution in [3.63, 3.8) is 0 Å². The van der Waals surface area contributed by atoms with Crippen molar-refractivity contribution in [2.24, 2.45) is 7.05 Å². The maximum Gasteiger partial charge on any atom is 0.336 e. The Morgan fingerprint density at radius 2 is 1.86 bits per heavy atom. The van der Waals surface area contributed by atoms with Gasteiger partial charge in [-0.1, -0.05) is 0 Å². The Morgan fingerprint density at radius 1 is 1.24 bits per heavy atom. The monoisotopic (exact) mass is 294 g/mol. The SMILES string of the molecule is Cn1ccc(CNC(=O)c2cc(F)c(F)cc2C(=O)O)c1. The number of hydrogen-bond acceptors (Lipinski definition) is 2. The van der Waals surface area contributed by atoms with Gasteiger partial charge in [0.1, 0.15) is 0 Å². The van der Waals surface area contributed by atoms with Crippen molar-refractivity contribution in [1.29, 1.82) is 0 Å². The average molecular weight is 294 g/mol. The van der Waals surface area contributed by atoms with Crippen LogP contribution < -0.4 is 5.32 Å². The van der Waals surface area contributed by atoms with Crippen molar-refractivity contribution in [1.82, 2.24) is 9.88 Å². The van der Waals surface area contributed by atoms with Crippen LogP contribution in [-0.2, 0) is 13.6 Å². The van der Waals surface area contributed by atoms with Crippen molar-refractivity contribution in [3.05, 3.63) is 58.9 Å². The second-order valence-electron chi connectivity index (χ2n) is 4.48. The summed E-state index contributed by atoms with van der Waals surface area (Å²) in [6.45, 7) is 0.151. The Bertz CT molecular complexity index is 710. The number of benzene rings is 1. The van der Waals surface area contributed by atoms with Gasteiger partial charge in [-0.15, -0.1) is 0 Å². The quantitative estimate of drug-likeness (QED) is 0.905.